The number of hydrogen-bond donors (Lipinski definition) is 2. The van der Waals surface area contributed by atoms with Crippen LogP contribution in [0.25, 0.3) is 6.08 Å². The van der Waals surface area contributed by atoms with Crippen LogP contribution in [-0.2, 0) is 4.79 Å². The Bertz CT molecular complexity index is 455. The first kappa shape index (κ1) is 13.9. The van der Waals surface area contributed by atoms with E-state index in [1.165, 1.54) is 27.2 Å². The van der Waals surface area contributed by atoms with Crippen LogP contribution in [0, 0.1) is 0 Å². The largest absolute Gasteiger partial charge is 0.507 e. The predicted molar refractivity (Wildman–Crippen MR) is 68.9 cm³/mol. The molecular formula is C13H17NO4. The summed E-state index contributed by atoms with van der Waals surface area (Å²) in [5.41, 5.74) is 0.545. The summed E-state index contributed by atoms with van der Waals surface area (Å²) in [4.78, 5) is 10.7. The Hall–Kier alpha value is -2.17. The lowest BCUT2D eigenvalue weighted by atomic mass is 10.1. The van der Waals surface area contributed by atoms with Gasteiger partial charge in [-0.15, -0.1) is 0 Å². The average Bonchev–Trinajstić information content (AvgIpc) is 2.34. The molecule has 0 heterocycles. The lowest BCUT2D eigenvalue weighted by Crippen LogP contribution is -2.19. The fourth-order valence-electron chi connectivity index (χ4n) is 1.42. The molecule has 0 aliphatic rings. The Morgan fingerprint density at radius 3 is 2.67 bits per heavy atom. The highest BCUT2D eigenvalue weighted by Crippen LogP contribution is 2.34. The van der Waals surface area contributed by atoms with Crippen molar-refractivity contribution in [3.8, 4) is 17.2 Å². The van der Waals surface area contributed by atoms with E-state index in [0.29, 0.717) is 23.6 Å². The molecule has 0 unspecified atom stereocenters. The van der Waals surface area contributed by atoms with Crippen molar-refractivity contribution < 1.29 is 19.4 Å². The highest BCUT2D eigenvalue weighted by molar-refractivity contribution is 5.73. The molecule has 1 amide bonds. The number of nitrogens with one attached hydrogen (secondary N) is 1. The van der Waals surface area contributed by atoms with Crippen molar-refractivity contribution in [3.05, 3.63) is 23.8 Å². The second-order valence-electron chi connectivity index (χ2n) is 3.60. The number of benzene rings is 1. The lowest BCUT2D eigenvalue weighted by Gasteiger charge is -2.09. The predicted octanol–water partition coefficient (Wildman–Crippen LogP) is 1.56. The fourth-order valence-corrected chi connectivity index (χ4v) is 1.42. The molecule has 0 aliphatic heterocycles. The van der Waals surface area contributed by atoms with Gasteiger partial charge in [-0.1, -0.05) is 6.08 Å². The monoisotopic (exact) mass is 251 g/mol. The van der Waals surface area contributed by atoms with Gasteiger partial charge in [0.2, 0.25) is 5.91 Å². The Labute approximate surface area is 106 Å². The molecule has 0 fully saturated rings. The molecule has 0 radical (unpaired) electrons. The van der Waals surface area contributed by atoms with Crippen LogP contribution in [0.15, 0.2) is 18.2 Å². The summed E-state index contributed by atoms with van der Waals surface area (Å²) in [5.74, 6) is 0.977. The summed E-state index contributed by atoms with van der Waals surface area (Å²) in [6.45, 7) is 1.84. The maximum atomic E-state index is 10.7. The third-order valence-electron chi connectivity index (χ3n) is 2.30. The van der Waals surface area contributed by atoms with Gasteiger partial charge in [0.05, 0.1) is 19.8 Å². The van der Waals surface area contributed by atoms with Crippen molar-refractivity contribution in [1.82, 2.24) is 5.32 Å². The summed E-state index contributed by atoms with van der Waals surface area (Å²) in [6.07, 6.45) is 3.41. The third kappa shape index (κ3) is 3.69. The Morgan fingerprint density at radius 2 is 2.11 bits per heavy atom. The van der Waals surface area contributed by atoms with Gasteiger partial charge in [0.1, 0.15) is 17.2 Å². The molecule has 2 N–H and O–H groups in total. The van der Waals surface area contributed by atoms with Crippen molar-refractivity contribution in [2.24, 2.45) is 0 Å². The van der Waals surface area contributed by atoms with Gasteiger partial charge < -0.3 is 19.9 Å². The highest BCUT2D eigenvalue weighted by atomic mass is 16.5. The smallest absolute Gasteiger partial charge is 0.217 e. The SMILES string of the molecule is COc1cc(O)c(C=CCNC(C)=O)c(OC)c1. The molecule has 98 valence electrons. The van der Waals surface area contributed by atoms with Gasteiger partial charge >= 0.3 is 0 Å². The number of hydrogen-bond acceptors (Lipinski definition) is 4. The van der Waals surface area contributed by atoms with Crippen LogP contribution in [0.5, 0.6) is 17.2 Å². The minimum atomic E-state index is -0.106. The number of methoxy groups -OCH3 is 2. The highest BCUT2D eigenvalue weighted by Gasteiger charge is 2.08. The first-order valence-electron chi connectivity index (χ1n) is 5.44. The zero-order valence-corrected chi connectivity index (χ0v) is 10.7. The van der Waals surface area contributed by atoms with E-state index in [0.717, 1.165) is 0 Å². The van der Waals surface area contributed by atoms with Gasteiger partial charge in [0.25, 0.3) is 0 Å². The van der Waals surface area contributed by atoms with Crippen LogP contribution in [-0.4, -0.2) is 31.8 Å². The molecule has 0 atom stereocenters. The summed E-state index contributed by atoms with van der Waals surface area (Å²) in [7, 11) is 3.03. The minimum Gasteiger partial charge on any atom is -0.507 e. The molecule has 18 heavy (non-hydrogen) atoms. The van der Waals surface area contributed by atoms with Gasteiger partial charge in [0, 0.05) is 25.6 Å². The number of carbonyl (C=O) groups excluding carboxylic acids is 1. The summed E-state index contributed by atoms with van der Waals surface area (Å²) in [6, 6.07) is 3.18. The van der Waals surface area contributed by atoms with Crippen LogP contribution >= 0.6 is 0 Å². The van der Waals surface area contributed by atoms with Crippen molar-refractivity contribution in [1.29, 1.82) is 0 Å². The molecule has 0 saturated carbocycles. The van der Waals surface area contributed by atoms with E-state index in [4.69, 9.17) is 9.47 Å². The van der Waals surface area contributed by atoms with Crippen molar-refractivity contribution in [2.75, 3.05) is 20.8 Å². The molecule has 0 spiro atoms. The van der Waals surface area contributed by atoms with Crippen LogP contribution in [0.4, 0.5) is 0 Å². The first-order valence-corrected chi connectivity index (χ1v) is 5.44. The molecule has 5 nitrogen and oxygen atoms in total. The summed E-state index contributed by atoms with van der Waals surface area (Å²) in [5, 5.41) is 12.5. The number of aromatic hydroxyl groups is 1. The molecule has 0 aliphatic carbocycles. The molecule has 0 bridgehead atoms. The molecule has 0 saturated heterocycles. The number of amides is 1. The quantitative estimate of drug-likeness (QED) is 0.833. The van der Waals surface area contributed by atoms with Gasteiger partial charge in [-0.25, -0.2) is 0 Å². The Balaban J connectivity index is 2.90. The minimum absolute atomic E-state index is 0.0604. The van der Waals surface area contributed by atoms with Crippen LogP contribution in [0.3, 0.4) is 0 Å². The maximum absolute atomic E-state index is 10.7. The number of carbonyl (C=O) groups is 1. The zero-order chi connectivity index (χ0) is 13.5. The van der Waals surface area contributed by atoms with Gasteiger partial charge in [-0.2, -0.15) is 0 Å². The molecule has 1 aromatic carbocycles. The van der Waals surface area contributed by atoms with E-state index in [9.17, 15) is 9.90 Å². The van der Waals surface area contributed by atoms with E-state index in [2.05, 4.69) is 5.32 Å². The van der Waals surface area contributed by atoms with Crippen molar-refractivity contribution in [2.45, 2.75) is 6.92 Å². The van der Waals surface area contributed by atoms with E-state index in [-0.39, 0.29) is 11.7 Å². The first-order chi connectivity index (χ1) is 8.58. The third-order valence-corrected chi connectivity index (χ3v) is 2.30. The number of ether oxygens (including phenoxy) is 2. The standard InChI is InChI=1S/C13H17NO4/c1-9(15)14-6-4-5-11-12(16)7-10(17-2)8-13(11)18-3/h4-5,7-8,16H,6H2,1-3H3,(H,14,15). The molecule has 1 rings (SSSR count). The molecule has 1 aromatic rings. The normalized spacial score (nSPS) is 10.4. The second kappa shape index (κ2) is 6.54. The van der Waals surface area contributed by atoms with Crippen LogP contribution in [0.2, 0.25) is 0 Å². The van der Waals surface area contributed by atoms with Crippen LogP contribution in [0.1, 0.15) is 12.5 Å². The number of phenols is 1. The number of phenolic OH excluding ortho intramolecular Hbond substituents is 1. The van der Waals surface area contributed by atoms with E-state index in [1.54, 1.807) is 18.2 Å². The van der Waals surface area contributed by atoms with Crippen molar-refractivity contribution >= 4 is 12.0 Å². The Kier molecular flexibility index (Phi) is 5.05. The molecular weight excluding hydrogens is 234 g/mol. The van der Waals surface area contributed by atoms with Crippen LogP contribution < -0.4 is 14.8 Å². The molecule has 0 aromatic heterocycles. The van der Waals surface area contributed by atoms with Gasteiger partial charge in [0.15, 0.2) is 0 Å². The maximum Gasteiger partial charge on any atom is 0.217 e. The lowest BCUT2D eigenvalue weighted by molar-refractivity contribution is -0.118. The average molecular weight is 251 g/mol. The topological polar surface area (TPSA) is 67.8 Å². The second-order valence-corrected chi connectivity index (χ2v) is 3.60. The van der Waals surface area contributed by atoms with Gasteiger partial charge in [-0.05, 0) is 6.08 Å². The van der Waals surface area contributed by atoms with Gasteiger partial charge in [-0.3, -0.25) is 4.79 Å². The van der Waals surface area contributed by atoms with Crippen molar-refractivity contribution in [3.63, 3.8) is 0 Å². The van der Waals surface area contributed by atoms with E-state index >= 15 is 0 Å². The fraction of sp³-hybridized carbons (Fsp3) is 0.308. The summed E-state index contributed by atoms with van der Waals surface area (Å²) < 4.78 is 10.2. The Morgan fingerprint density at radius 1 is 1.39 bits per heavy atom. The number of rotatable bonds is 5. The summed E-state index contributed by atoms with van der Waals surface area (Å²) >= 11 is 0. The van der Waals surface area contributed by atoms with E-state index in [1.807, 2.05) is 0 Å². The van der Waals surface area contributed by atoms with E-state index < -0.39 is 0 Å². The molecule has 5 heteroatoms. The zero-order valence-electron chi connectivity index (χ0n) is 10.7.